The summed E-state index contributed by atoms with van der Waals surface area (Å²) in [5.74, 6) is -0.0549. The molecule has 0 aliphatic carbocycles. The summed E-state index contributed by atoms with van der Waals surface area (Å²) in [7, 11) is 0. The van der Waals surface area contributed by atoms with Crippen molar-refractivity contribution in [3.8, 4) is 0 Å². The van der Waals surface area contributed by atoms with E-state index >= 15 is 0 Å². The molecule has 0 fully saturated rings. The van der Waals surface area contributed by atoms with Gasteiger partial charge in [0.15, 0.2) is 4.77 Å². The molecular formula is C21H21N3O2S. The number of carbonyl (C=O) groups is 1. The topological polar surface area (TPSA) is 58.1 Å². The first kappa shape index (κ1) is 17.7. The molecular weight excluding hydrogens is 358 g/mol. The molecule has 0 saturated carbocycles. The maximum Gasteiger partial charge on any atom is 0.262 e. The third-order valence-electron chi connectivity index (χ3n) is 5.14. The lowest BCUT2D eigenvalue weighted by molar-refractivity contribution is 0.0985. The molecule has 1 aromatic heterocycles. The molecule has 0 bridgehead atoms. The monoisotopic (exact) mass is 379 g/mol. The van der Waals surface area contributed by atoms with Gasteiger partial charge in [-0.3, -0.25) is 14.2 Å². The Morgan fingerprint density at radius 1 is 1.22 bits per heavy atom. The first-order chi connectivity index (χ1) is 13.0. The van der Waals surface area contributed by atoms with Gasteiger partial charge in [0.05, 0.1) is 10.9 Å². The second-order valence-electron chi connectivity index (χ2n) is 6.93. The Bertz CT molecular complexity index is 1180. The lowest BCUT2D eigenvalue weighted by atomic mass is 9.98. The van der Waals surface area contributed by atoms with Gasteiger partial charge in [0, 0.05) is 24.3 Å². The average molecular weight is 379 g/mol. The van der Waals surface area contributed by atoms with Crippen LogP contribution in [0, 0.1) is 11.7 Å². The highest BCUT2D eigenvalue weighted by atomic mass is 32.1. The van der Waals surface area contributed by atoms with Crippen LogP contribution in [0.15, 0.2) is 41.2 Å². The van der Waals surface area contributed by atoms with E-state index < -0.39 is 0 Å². The summed E-state index contributed by atoms with van der Waals surface area (Å²) >= 11 is 5.28. The van der Waals surface area contributed by atoms with E-state index in [1.807, 2.05) is 24.0 Å². The van der Waals surface area contributed by atoms with Gasteiger partial charge in [-0.1, -0.05) is 17.7 Å². The Hall–Kier alpha value is -2.73. The van der Waals surface area contributed by atoms with Gasteiger partial charge in [0.1, 0.15) is 0 Å². The molecule has 0 saturated heterocycles. The van der Waals surface area contributed by atoms with E-state index in [9.17, 15) is 9.59 Å². The number of anilines is 1. The summed E-state index contributed by atoms with van der Waals surface area (Å²) in [6.45, 7) is 5.15. The quantitative estimate of drug-likeness (QED) is 0.685. The number of carbonyl (C=O) groups excluding carboxylic acids is 1. The van der Waals surface area contributed by atoms with Crippen LogP contribution in [0.3, 0.4) is 0 Å². The molecule has 27 heavy (non-hydrogen) atoms. The Morgan fingerprint density at radius 3 is 2.81 bits per heavy atom. The molecule has 2 heterocycles. The number of rotatable bonds is 2. The van der Waals surface area contributed by atoms with Crippen molar-refractivity contribution in [1.29, 1.82) is 0 Å². The van der Waals surface area contributed by atoms with Crippen molar-refractivity contribution in [3.63, 3.8) is 0 Å². The zero-order chi connectivity index (χ0) is 19.1. The zero-order valence-corrected chi connectivity index (χ0v) is 16.2. The highest BCUT2D eigenvalue weighted by Gasteiger charge is 2.24. The fraction of sp³-hybridized carbons (Fsp3) is 0.286. The molecule has 5 nitrogen and oxygen atoms in total. The number of benzene rings is 2. The molecule has 0 atom stereocenters. The fourth-order valence-corrected chi connectivity index (χ4v) is 4.09. The molecule has 0 spiro atoms. The lowest BCUT2D eigenvalue weighted by Crippen LogP contribution is -2.35. The van der Waals surface area contributed by atoms with Gasteiger partial charge in [-0.15, -0.1) is 0 Å². The SMILES string of the molecule is CCn1c(=S)[nH]c2cc(C(=O)N3CCCc4cc(C)ccc43)ccc2c1=O. The van der Waals surface area contributed by atoms with E-state index in [0.29, 0.717) is 34.3 Å². The van der Waals surface area contributed by atoms with Crippen LogP contribution in [0.25, 0.3) is 10.9 Å². The largest absolute Gasteiger partial charge is 0.332 e. The molecule has 4 rings (SSSR count). The minimum absolute atomic E-state index is 0.0549. The van der Waals surface area contributed by atoms with Crippen molar-refractivity contribution in [2.75, 3.05) is 11.4 Å². The molecule has 0 unspecified atom stereocenters. The molecule has 6 heteroatoms. The summed E-state index contributed by atoms with van der Waals surface area (Å²) in [5.41, 5.74) is 4.41. The standard InChI is InChI=1S/C21H21N3O2S/c1-3-23-20(26)16-8-7-15(12-17(16)22-21(23)27)19(25)24-10-4-5-14-11-13(2)6-9-18(14)24/h6-9,11-12H,3-5,10H2,1-2H3,(H,22,27). The smallest absolute Gasteiger partial charge is 0.262 e. The van der Waals surface area contributed by atoms with E-state index in [4.69, 9.17) is 12.2 Å². The maximum atomic E-state index is 13.2. The third kappa shape index (κ3) is 3.00. The minimum Gasteiger partial charge on any atom is -0.332 e. The van der Waals surface area contributed by atoms with Gasteiger partial charge < -0.3 is 9.88 Å². The van der Waals surface area contributed by atoms with Crippen LogP contribution in [0.5, 0.6) is 0 Å². The molecule has 138 valence electrons. The summed E-state index contributed by atoms with van der Waals surface area (Å²) < 4.78 is 1.89. The van der Waals surface area contributed by atoms with Crippen LogP contribution in [0.2, 0.25) is 0 Å². The average Bonchev–Trinajstić information content (AvgIpc) is 2.66. The maximum absolute atomic E-state index is 13.2. The number of hydrogen-bond acceptors (Lipinski definition) is 3. The number of nitrogens with zero attached hydrogens (tertiary/aromatic N) is 2. The summed E-state index contributed by atoms with van der Waals surface area (Å²) in [5, 5.41) is 0.539. The first-order valence-electron chi connectivity index (χ1n) is 9.18. The van der Waals surface area contributed by atoms with Crippen molar-refractivity contribution in [1.82, 2.24) is 9.55 Å². The number of nitrogens with one attached hydrogen (secondary N) is 1. The molecule has 3 aromatic rings. The van der Waals surface area contributed by atoms with E-state index in [1.54, 1.807) is 18.2 Å². The number of H-pyrrole nitrogens is 1. The Balaban J connectivity index is 1.79. The van der Waals surface area contributed by atoms with E-state index in [0.717, 1.165) is 18.5 Å². The number of hydrogen-bond donors (Lipinski definition) is 1. The molecule has 1 N–H and O–H groups in total. The van der Waals surface area contributed by atoms with Crippen LogP contribution in [0.4, 0.5) is 5.69 Å². The van der Waals surface area contributed by atoms with Gasteiger partial charge in [-0.2, -0.15) is 0 Å². The Morgan fingerprint density at radius 2 is 2.04 bits per heavy atom. The van der Waals surface area contributed by atoms with Gasteiger partial charge in [0.2, 0.25) is 0 Å². The van der Waals surface area contributed by atoms with E-state index in [-0.39, 0.29) is 11.5 Å². The van der Waals surface area contributed by atoms with Crippen molar-refractivity contribution in [3.05, 3.63) is 68.2 Å². The summed E-state index contributed by atoms with van der Waals surface area (Å²) in [6.07, 6.45) is 1.93. The minimum atomic E-state index is -0.131. The van der Waals surface area contributed by atoms with Crippen LogP contribution in [-0.4, -0.2) is 22.0 Å². The number of aryl methyl sites for hydroxylation is 2. The van der Waals surface area contributed by atoms with Crippen LogP contribution in [0.1, 0.15) is 34.8 Å². The van der Waals surface area contributed by atoms with Crippen LogP contribution >= 0.6 is 12.2 Å². The number of fused-ring (bicyclic) bond motifs is 2. The molecule has 2 aromatic carbocycles. The normalized spacial score (nSPS) is 13.6. The summed E-state index contributed by atoms with van der Waals surface area (Å²) in [4.78, 5) is 30.6. The van der Waals surface area contributed by atoms with Crippen molar-refractivity contribution in [2.45, 2.75) is 33.2 Å². The summed E-state index contributed by atoms with van der Waals surface area (Å²) in [6, 6.07) is 11.4. The highest BCUT2D eigenvalue weighted by Crippen LogP contribution is 2.29. The molecule has 1 amide bonds. The second kappa shape index (κ2) is 6.78. The van der Waals surface area contributed by atoms with E-state index in [1.165, 1.54) is 15.7 Å². The van der Waals surface area contributed by atoms with Crippen LogP contribution in [-0.2, 0) is 13.0 Å². The molecule has 0 radical (unpaired) electrons. The second-order valence-corrected chi connectivity index (χ2v) is 7.32. The third-order valence-corrected chi connectivity index (χ3v) is 5.47. The van der Waals surface area contributed by atoms with Gasteiger partial charge in [0.25, 0.3) is 11.5 Å². The number of amides is 1. The van der Waals surface area contributed by atoms with Gasteiger partial charge in [-0.05, 0) is 68.7 Å². The van der Waals surface area contributed by atoms with Gasteiger partial charge >= 0.3 is 0 Å². The van der Waals surface area contributed by atoms with E-state index in [2.05, 4.69) is 18.0 Å². The van der Waals surface area contributed by atoms with Crippen LogP contribution < -0.4 is 10.5 Å². The lowest BCUT2D eigenvalue weighted by Gasteiger charge is -2.30. The predicted molar refractivity (Wildman–Crippen MR) is 110 cm³/mol. The van der Waals surface area contributed by atoms with Gasteiger partial charge in [-0.25, -0.2) is 0 Å². The van der Waals surface area contributed by atoms with Crippen molar-refractivity contribution >= 4 is 34.7 Å². The van der Waals surface area contributed by atoms with Crippen molar-refractivity contribution < 1.29 is 4.79 Å². The Kier molecular flexibility index (Phi) is 4.44. The number of aromatic amines is 1. The fourth-order valence-electron chi connectivity index (χ4n) is 3.77. The Labute approximate surface area is 162 Å². The molecule has 1 aliphatic heterocycles. The first-order valence-corrected chi connectivity index (χ1v) is 9.58. The highest BCUT2D eigenvalue weighted by molar-refractivity contribution is 7.71. The molecule has 1 aliphatic rings. The zero-order valence-electron chi connectivity index (χ0n) is 15.4. The predicted octanol–water partition coefficient (Wildman–Crippen LogP) is 3.98. The number of aromatic nitrogens is 2. The van der Waals surface area contributed by atoms with Crippen molar-refractivity contribution in [2.24, 2.45) is 0 Å².